The Bertz CT molecular complexity index is 284. The van der Waals surface area contributed by atoms with E-state index < -0.39 is 0 Å². The molecule has 1 nitrogen and oxygen atoms in total. The molecule has 2 aliphatic rings. The van der Waals surface area contributed by atoms with Crippen LogP contribution in [-0.2, 0) is 15.6 Å². The van der Waals surface area contributed by atoms with Crippen molar-refractivity contribution in [3.63, 3.8) is 0 Å². The summed E-state index contributed by atoms with van der Waals surface area (Å²) < 4.78 is 5.85. The molecule has 0 amide bonds. The Hall–Kier alpha value is 0.310. The summed E-state index contributed by atoms with van der Waals surface area (Å²) in [4.78, 5) is 0. The molecular formula is C22H43OS+. The summed E-state index contributed by atoms with van der Waals surface area (Å²) in [6.07, 6.45) is 22.1. The van der Waals surface area contributed by atoms with E-state index in [0.717, 1.165) is 23.4 Å². The average Bonchev–Trinajstić information content (AvgIpc) is 3.42. The van der Waals surface area contributed by atoms with Crippen molar-refractivity contribution in [1.29, 1.82) is 0 Å². The van der Waals surface area contributed by atoms with E-state index >= 15 is 0 Å². The zero-order valence-corrected chi connectivity index (χ0v) is 17.2. The fraction of sp³-hybridized carbons (Fsp3) is 1.00. The lowest BCUT2D eigenvalue weighted by Crippen LogP contribution is -2.19. The first-order chi connectivity index (χ1) is 11.9. The highest BCUT2D eigenvalue weighted by molar-refractivity contribution is 7.96. The summed E-state index contributed by atoms with van der Waals surface area (Å²) in [7, 11) is 0.768. The monoisotopic (exact) mass is 355 g/mol. The van der Waals surface area contributed by atoms with Gasteiger partial charge in [-0.15, -0.1) is 0 Å². The van der Waals surface area contributed by atoms with E-state index in [1.165, 1.54) is 83.5 Å². The lowest BCUT2D eigenvalue weighted by Gasteiger charge is -2.22. The van der Waals surface area contributed by atoms with Gasteiger partial charge in [0.05, 0.1) is 6.10 Å². The second-order valence-corrected chi connectivity index (χ2v) is 10.6. The summed E-state index contributed by atoms with van der Waals surface area (Å²) in [5.74, 6) is 5.82. The minimum atomic E-state index is 0.603. The highest BCUT2D eigenvalue weighted by Gasteiger charge is 2.30. The highest BCUT2D eigenvalue weighted by Crippen LogP contribution is 2.31. The number of unbranched alkanes of at least 4 members (excludes halogenated alkanes) is 7. The number of rotatable bonds is 15. The molecule has 0 N–H and O–H groups in total. The van der Waals surface area contributed by atoms with Gasteiger partial charge in [0.2, 0.25) is 0 Å². The van der Waals surface area contributed by atoms with Crippen LogP contribution in [0.4, 0.5) is 0 Å². The Labute approximate surface area is 155 Å². The molecule has 2 heteroatoms. The van der Waals surface area contributed by atoms with Crippen LogP contribution >= 0.6 is 0 Å². The van der Waals surface area contributed by atoms with Crippen molar-refractivity contribution in [2.45, 2.75) is 109 Å². The van der Waals surface area contributed by atoms with Crippen molar-refractivity contribution < 1.29 is 4.74 Å². The summed E-state index contributed by atoms with van der Waals surface area (Å²) in [5, 5.41) is 0. The van der Waals surface area contributed by atoms with Crippen molar-refractivity contribution in [3.8, 4) is 0 Å². The van der Waals surface area contributed by atoms with E-state index in [1.54, 1.807) is 30.1 Å². The molecule has 0 aromatic rings. The van der Waals surface area contributed by atoms with Gasteiger partial charge in [0.25, 0.3) is 0 Å². The molecule has 142 valence electrons. The van der Waals surface area contributed by atoms with E-state index in [0.29, 0.717) is 6.10 Å². The van der Waals surface area contributed by atoms with Gasteiger partial charge in [-0.25, -0.2) is 0 Å². The molecule has 1 heterocycles. The number of ether oxygens (including phenoxy) is 1. The molecule has 0 radical (unpaired) electrons. The molecule has 2 unspecified atom stereocenters. The molecule has 1 aliphatic heterocycles. The molecule has 0 bridgehead atoms. The average molecular weight is 356 g/mol. The first-order valence-corrected chi connectivity index (χ1v) is 12.9. The van der Waals surface area contributed by atoms with E-state index in [2.05, 4.69) is 6.92 Å². The van der Waals surface area contributed by atoms with Gasteiger partial charge in [-0.1, -0.05) is 39.0 Å². The topological polar surface area (TPSA) is 9.23 Å². The fourth-order valence-electron chi connectivity index (χ4n) is 3.86. The Morgan fingerprint density at radius 3 is 2.12 bits per heavy atom. The molecular weight excluding hydrogens is 312 g/mol. The lowest BCUT2D eigenvalue weighted by molar-refractivity contribution is 0.00979. The quantitative estimate of drug-likeness (QED) is 0.240. The Morgan fingerprint density at radius 2 is 1.50 bits per heavy atom. The van der Waals surface area contributed by atoms with Crippen LogP contribution in [0.1, 0.15) is 103 Å². The van der Waals surface area contributed by atoms with Crippen LogP contribution in [0, 0.1) is 5.92 Å². The van der Waals surface area contributed by atoms with E-state index in [1.807, 2.05) is 0 Å². The molecule has 1 aliphatic carbocycles. The molecule has 2 atom stereocenters. The highest BCUT2D eigenvalue weighted by atomic mass is 32.2. The SMILES string of the molecule is CCCCCCC[S+](CCCCCCC1CCCCO1)CC1CC1. The molecule has 0 spiro atoms. The van der Waals surface area contributed by atoms with E-state index in [-0.39, 0.29) is 0 Å². The zero-order chi connectivity index (χ0) is 16.9. The van der Waals surface area contributed by atoms with Crippen LogP contribution in [-0.4, -0.2) is 30.0 Å². The predicted molar refractivity (Wildman–Crippen MR) is 110 cm³/mol. The second-order valence-electron chi connectivity index (χ2n) is 8.24. The smallest absolute Gasteiger partial charge is 0.111 e. The zero-order valence-electron chi connectivity index (χ0n) is 16.4. The van der Waals surface area contributed by atoms with Gasteiger partial charge in [-0.05, 0) is 75.1 Å². The third-order valence-electron chi connectivity index (χ3n) is 5.69. The lowest BCUT2D eigenvalue weighted by atomic mass is 10.0. The maximum Gasteiger partial charge on any atom is 0.111 e. The minimum Gasteiger partial charge on any atom is -0.378 e. The number of hydrogen-bond donors (Lipinski definition) is 0. The third kappa shape index (κ3) is 10.3. The van der Waals surface area contributed by atoms with Gasteiger partial charge in [0.1, 0.15) is 17.3 Å². The van der Waals surface area contributed by atoms with Crippen molar-refractivity contribution in [3.05, 3.63) is 0 Å². The van der Waals surface area contributed by atoms with Gasteiger partial charge < -0.3 is 4.74 Å². The van der Waals surface area contributed by atoms with Crippen LogP contribution in [0.25, 0.3) is 0 Å². The van der Waals surface area contributed by atoms with Gasteiger partial charge >= 0.3 is 0 Å². The second kappa shape index (κ2) is 13.5. The summed E-state index contributed by atoms with van der Waals surface area (Å²) in [5.41, 5.74) is 0. The maximum atomic E-state index is 5.85. The standard InChI is InChI=1S/C22H43OS/c1-2-3-4-6-11-18-24(20-21-15-16-21)19-12-7-5-8-13-22-14-9-10-17-23-22/h21-22H,2-20H2,1H3/q+1. The Balaban J connectivity index is 1.45. The van der Waals surface area contributed by atoms with Crippen molar-refractivity contribution in [1.82, 2.24) is 0 Å². The third-order valence-corrected chi connectivity index (χ3v) is 8.36. The molecule has 1 saturated heterocycles. The fourth-order valence-corrected chi connectivity index (χ4v) is 6.63. The predicted octanol–water partition coefficient (Wildman–Crippen LogP) is 6.50. The molecule has 0 aromatic heterocycles. The molecule has 2 fully saturated rings. The molecule has 0 aromatic carbocycles. The molecule has 1 saturated carbocycles. The van der Waals surface area contributed by atoms with Crippen molar-refractivity contribution in [2.24, 2.45) is 5.92 Å². The van der Waals surface area contributed by atoms with Gasteiger partial charge in [0, 0.05) is 12.5 Å². The maximum absolute atomic E-state index is 5.85. The summed E-state index contributed by atoms with van der Waals surface area (Å²) in [6, 6.07) is 0. The first-order valence-electron chi connectivity index (χ1n) is 11.1. The van der Waals surface area contributed by atoms with Crippen LogP contribution in [0.5, 0.6) is 0 Å². The first kappa shape index (κ1) is 20.6. The number of hydrogen-bond acceptors (Lipinski definition) is 1. The van der Waals surface area contributed by atoms with Crippen molar-refractivity contribution >= 4 is 10.9 Å². The van der Waals surface area contributed by atoms with Gasteiger partial charge in [-0.3, -0.25) is 0 Å². The van der Waals surface area contributed by atoms with Crippen LogP contribution in [0.3, 0.4) is 0 Å². The molecule has 2 rings (SSSR count). The largest absolute Gasteiger partial charge is 0.378 e. The van der Waals surface area contributed by atoms with Crippen LogP contribution in [0.15, 0.2) is 0 Å². The van der Waals surface area contributed by atoms with Crippen LogP contribution < -0.4 is 0 Å². The Kier molecular flexibility index (Phi) is 11.6. The van der Waals surface area contributed by atoms with Crippen molar-refractivity contribution in [2.75, 3.05) is 23.9 Å². The van der Waals surface area contributed by atoms with E-state index in [4.69, 9.17) is 4.74 Å². The summed E-state index contributed by atoms with van der Waals surface area (Å²) in [6.45, 7) is 3.34. The van der Waals surface area contributed by atoms with Gasteiger partial charge in [0.15, 0.2) is 0 Å². The van der Waals surface area contributed by atoms with Gasteiger partial charge in [-0.2, -0.15) is 0 Å². The molecule has 24 heavy (non-hydrogen) atoms. The van der Waals surface area contributed by atoms with Crippen LogP contribution in [0.2, 0.25) is 0 Å². The Morgan fingerprint density at radius 1 is 0.792 bits per heavy atom. The normalized spacial score (nSPS) is 22.6. The van der Waals surface area contributed by atoms with E-state index in [9.17, 15) is 0 Å². The minimum absolute atomic E-state index is 0.603. The summed E-state index contributed by atoms with van der Waals surface area (Å²) >= 11 is 0.